The van der Waals surface area contributed by atoms with Gasteiger partial charge in [0.05, 0.1) is 12.1 Å². The molecule has 0 aromatic carbocycles. The Labute approximate surface area is 104 Å². The lowest BCUT2D eigenvalue weighted by Gasteiger charge is -2.16. The quantitative estimate of drug-likeness (QED) is 0.513. The van der Waals surface area contributed by atoms with Crippen molar-refractivity contribution >= 4 is 29.2 Å². The molecule has 1 aromatic rings. The van der Waals surface area contributed by atoms with E-state index in [2.05, 4.69) is 22.2 Å². The van der Waals surface area contributed by atoms with Crippen molar-refractivity contribution in [1.29, 1.82) is 0 Å². The zero-order chi connectivity index (χ0) is 11.5. The summed E-state index contributed by atoms with van der Waals surface area (Å²) in [5, 5.41) is 4.48. The Hall–Kier alpha value is -0.520. The molecule has 2 unspecified atom stereocenters. The minimum absolute atomic E-state index is 0.214. The second-order valence-corrected chi connectivity index (χ2v) is 4.84. The standard InChI is InChI=1S/C10H14ClN3OS/c1-6-7(3-4-15-6)12-9-5-8(11)13-10(14-9)16-2/h5-7H,3-4H2,1-2H3,(H,12,13,14). The van der Waals surface area contributed by atoms with Crippen LogP contribution in [0.5, 0.6) is 0 Å². The van der Waals surface area contributed by atoms with Crippen LogP contribution in [0, 0.1) is 0 Å². The summed E-state index contributed by atoms with van der Waals surface area (Å²) in [4.78, 5) is 8.44. The van der Waals surface area contributed by atoms with Crippen LogP contribution in [-0.4, -0.2) is 35.0 Å². The Morgan fingerprint density at radius 3 is 3.00 bits per heavy atom. The summed E-state index contributed by atoms with van der Waals surface area (Å²) in [6.07, 6.45) is 3.14. The molecule has 1 fully saturated rings. The average Bonchev–Trinajstić information content (AvgIpc) is 2.63. The van der Waals surface area contributed by atoms with Gasteiger partial charge in [-0.2, -0.15) is 0 Å². The molecule has 16 heavy (non-hydrogen) atoms. The molecule has 2 atom stereocenters. The largest absolute Gasteiger partial charge is 0.376 e. The third kappa shape index (κ3) is 2.78. The molecule has 0 radical (unpaired) electrons. The minimum atomic E-state index is 0.214. The van der Waals surface area contributed by atoms with Crippen molar-refractivity contribution in [2.24, 2.45) is 0 Å². The zero-order valence-corrected chi connectivity index (χ0v) is 10.8. The maximum Gasteiger partial charge on any atom is 0.190 e. The molecule has 1 N–H and O–H groups in total. The predicted molar refractivity (Wildman–Crippen MR) is 66.3 cm³/mol. The number of nitrogens with zero attached hydrogens (tertiary/aromatic N) is 2. The van der Waals surface area contributed by atoms with Gasteiger partial charge in [0, 0.05) is 12.7 Å². The zero-order valence-electron chi connectivity index (χ0n) is 9.24. The fourth-order valence-electron chi connectivity index (χ4n) is 1.67. The van der Waals surface area contributed by atoms with Crippen molar-refractivity contribution in [1.82, 2.24) is 9.97 Å². The second-order valence-electron chi connectivity index (χ2n) is 3.68. The van der Waals surface area contributed by atoms with E-state index in [0.717, 1.165) is 18.8 Å². The number of thioether (sulfide) groups is 1. The number of aromatic nitrogens is 2. The number of hydrogen-bond acceptors (Lipinski definition) is 5. The smallest absolute Gasteiger partial charge is 0.190 e. The van der Waals surface area contributed by atoms with Gasteiger partial charge in [-0.3, -0.25) is 0 Å². The summed E-state index contributed by atoms with van der Waals surface area (Å²) in [6.45, 7) is 2.86. The molecule has 1 saturated heterocycles. The van der Waals surface area contributed by atoms with Crippen molar-refractivity contribution in [3.05, 3.63) is 11.2 Å². The molecule has 0 aliphatic carbocycles. The predicted octanol–water partition coefficient (Wildman–Crippen LogP) is 2.44. The van der Waals surface area contributed by atoms with E-state index in [-0.39, 0.29) is 6.10 Å². The van der Waals surface area contributed by atoms with Crippen LogP contribution in [0.1, 0.15) is 13.3 Å². The first-order valence-electron chi connectivity index (χ1n) is 5.16. The lowest BCUT2D eigenvalue weighted by atomic mass is 10.1. The van der Waals surface area contributed by atoms with Gasteiger partial charge in [0.15, 0.2) is 5.16 Å². The summed E-state index contributed by atoms with van der Waals surface area (Å²) in [5.74, 6) is 0.770. The summed E-state index contributed by atoms with van der Waals surface area (Å²) in [6, 6.07) is 2.05. The van der Waals surface area contributed by atoms with Gasteiger partial charge in [-0.15, -0.1) is 0 Å². The summed E-state index contributed by atoms with van der Waals surface area (Å²) < 4.78 is 5.48. The third-order valence-corrected chi connectivity index (χ3v) is 3.31. The van der Waals surface area contributed by atoms with Gasteiger partial charge < -0.3 is 10.1 Å². The molecule has 88 valence electrons. The molecule has 4 nitrogen and oxygen atoms in total. The molecule has 0 spiro atoms. The fourth-order valence-corrected chi connectivity index (χ4v) is 2.29. The van der Waals surface area contributed by atoms with Crippen molar-refractivity contribution in [3.63, 3.8) is 0 Å². The Morgan fingerprint density at radius 1 is 1.56 bits per heavy atom. The summed E-state index contributed by atoms with van der Waals surface area (Å²) >= 11 is 7.39. The fraction of sp³-hybridized carbons (Fsp3) is 0.600. The lowest BCUT2D eigenvalue weighted by Crippen LogP contribution is -2.27. The van der Waals surface area contributed by atoms with Crippen LogP contribution in [0.2, 0.25) is 5.15 Å². The molecular weight excluding hydrogens is 246 g/mol. The van der Waals surface area contributed by atoms with E-state index in [1.54, 1.807) is 6.07 Å². The van der Waals surface area contributed by atoms with Crippen LogP contribution in [0.15, 0.2) is 11.2 Å². The molecule has 1 aliphatic heterocycles. The highest BCUT2D eigenvalue weighted by molar-refractivity contribution is 7.98. The van der Waals surface area contributed by atoms with Gasteiger partial charge in [-0.25, -0.2) is 9.97 Å². The highest BCUT2D eigenvalue weighted by atomic mass is 35.5. The summed E-state index contributed by atoms with van der Waals surface area (Å²) in [5.41, 5.74) is 0. The Kier molecular flexibility index (Phi) is 3.89. The minimum Gasteiger partial charge on any atom is -0.376 e. The van der Waals surface area contributed by atoms with Crippen molar-refractivity contribution < 1.29 is 4.74 Å². The van der Waals surface area contributed by atoms with Gasteiger partial charge in [0.2, 0.25) is 0 Å². The van der Waals surface area contributed by atoms with Crippen LogP contribution >= 0.6 is 23.4 Å². The van der Waals surface area contributed by atoms with Gasteiger partial charge in [-0.05, 0) is 19.6 Å². The second kappa shape index (κ2) is 5.21. The van der Waals surface area contributed by atoms with E-state index in [1.165, 1.54) is 11.8 Å². The van der Waals surface area contributed by atoms with Crippen molar-refractivity contribution in [3.8, 4) is 0 Å². The molecule has 0 bridgehead atoms. The van der Waals surface area contributed by atoms with Crippen LogP contribution in [0.4, 0.5) is 5.82 Å². The van der Waals surface area contributed by atoms with Crippen molar-refractivity contribution in [2.75, 3.05) is 18.2 Å². The highest BCUT2D eigenvalue weighted by Gasteiger charge is 2.24. The molecule has 0 saturated carbocycles. The molecule has 1 aliphatic rings. The van der Waals surface area contributed by atoms with E-state index in [9.17, 15) is 0 Å². The van der Waals surface area contributed by atoms with Gasteiger partial charge >= 0.3 is 0 Å². The van der Waals surface area contributed by atoms with Gasteiger partial charge in [0.1, 0.15) is 11.0 Å². The molecule has 1 aromatic heterocycles. The van der Waals surface area contributed by atoms with Crippen LogP contribution in [-0.2, 0) is 4.74 Å². The Bertz CT molecular complexity index is 377. The first-order chi connectivity index (χ1) is 7.69. The number of hydrogen-bond donors (Lipinski definition) is 1. The molecule has 0 amide bonds. The first-order valence-corrected chi connectivity index (χ1v) is 6.76. The first kappa shape index (κ1) is 12.0. The van der Waals surface area contributed by atoms with E-state index >= 15 is 0 Å². The van der Waals surface area contributed by atoms with E-state index < -0.39 is 0 Å². The number of nitrogens with one attached hydrogen (secondary N) is 1. The van der Waals surface area contributed by atoms with E-state index in [1.807, 2.05) is 6.26 Å². The number of anilines is 1. The van der Waals surface area contributed by atoms with Crippen molar-refractivity contribution in [2.45, 2.75) is 30.6 Å². The van der Waals surface area contributed by atoms with Crippen LogP contribution < -0.4 is 5.32 Å². The van der Waals surface area contributed by atoms with Gasteiger partial charge in [0.25, 0.3) is 0 Å². The van der Waals surface area contributed by atoms with E-state index in [4.69, 9.17) is 16.3 Å². The van der Waals surface area contributed by atoms with E-state index in [0.29, 0.717) is 16.4 Å². The summed E-state index contributed by atoms with van der Waals surface area (Å²) in [7, 11) is 0. The molecule has 2 rings (SSSR count). The number of rotatable bonds is 3. The highest BCUT2D eigenvalue weighted by Crippen LogP contribution is 2.21. The SMILES string of the molecule is CSc1nc(Cl)cc(NC2CCOC2C)n1. The number of halogens is 1. The average molecular weight is 260 g/mol. The maximum absolute atomic E-state index is 5.91. The Morgan fingerprint density at radius 2 is 2.38 bits per heavy atom. The molecule has 2 heterocycles. The number of ether oxygens (including phenoxy) is 1. The van der Waals surface area contributed by atoms with Crippen LogP contribution in [0.3, 0.4) is 0 Å². The lowest BCUT2D eigenvalue weighted by molar-refractivity contribution is 0.121. The topological polar surface area (TPSA) is 47.0 Å². The van der Waals surface area contributed by atoms with Crippen LogP contribution in [0.25, 0.3) is 0 Å². The third-order valence-electron chi connectivity index (χ3n) is 2.57. The maximum atomic E-state index is 5.91. The molecular formula is C10H14ClN3OS. The monoisotopic (exact) mass is 259 g/mol. The normalized spacial score (nSPS) is 24.7. The molecule has 6 heteroatoms. The Balaban J connectivity index is 2.11. The van der Waals surface area contributed by atoms with Gasteiger partial charge in [-0.1, -0.05) is 23.4 Å².